The number of anilines is 1. The van der Waals surface area contributed by atoms with E-state index in [-0.39, 0.29) is 19.0 Å². The average Bonchev–Trinajstić information content (AvgIpc) is 2.04. The number of hydrogen-bond donors (Lipinski definition) is 3. The topological polar surface area (TPSA) is 105 Å². The van der Waals surface area contributed by atoms with E-state index in [1.54, 1.807) is 0 Å². The zero-order chi connectivity index (χ0) is 8.97. The minimum absolute atomic E-state index is 0.0673. The van der Waals surface area contributed by atoms with Gasteiger partial charge >= 0.3 is 0 Å². The molecule has 1 rings (SSSR count). The molecule has 6 nitrogen and oxygen atoms in total. The Morgan fingerprint density at radius 1 is 1.58 bits per heavy atom. The Morgan fingerprint density at radius 3 is 2.92 bits per heavy atom. The van der Waals surface area contributed by atoms with Crippen LogP contribution in [0, 0.1) is 0 Å². The summed E-state index contributed by atoms with van der Waals surface area (Å²) >= 11 is 0. The number of hydrogen-bond acceptors (Lipinski definition) is 6. The normalized spacial score (nSPS) is 12.8. The third-order valence-electron chi connectivity index (χ3n) is 1.28. The van der Waals surface area contributed by atoms with Crippen LogP contribution in [0.15, 0.2) is 6.20 Å². The van der Waals surface area contributed by atoms with E-state index in [0.717, 1.165) is 0 Å². The van der Waals surface area contributed by atoms with Crippen molar-refractivity contribution in [1.29, 1.82) is 0 Å². The number of nitrogens with two attached hydrogens (primary N) is 1. The van der Waals surface area contributed by atoms with Gasteiger partial charge in [0, 0.05) is 6.42 Å². The van der Waals surface area contributed by atoms with Gasteiger partial charge in [-0.3, -0.25) is 0 Å². The van der Waals surface area contributed by atoms with Crippen molar-refractivity contribution in [3.63, 3.8) is 0 Å². The van der Waals surface area contributed by atoms with E-state index >= 15 is 0 Å². The van der Waals surface area contributed by atoms with Gasteiger partial charge in [-0.15, -0.1) is 5.10 Å². The van der Waals surface area contributed by atoms with E-state index in [0.29, 0.717) is 5.69 Å². The zero-order valence-corrected chi connectivity index (χ0v) is 6.38. The first-order chi connectivity index (χ1) is 5.72. The van der Waals surface area contributed by atoms with Gasteiger partial charge in [0.05, 0.1) is 24.6 Å². The first-order valence-corrected chi connectivity index (χ1v) is 3.45. The maximum absolute atomic E-state index is 9.02. The Balaban J connectivity index is 2.63. The summed E-state index contributed by atoms with van der Waals surface area (Å²) in [5, 5.41) is 24.5. The Hall–Kier alpha value is -1.27. The highest BCUT2D eigenvalue weighted by atomic mass is 16.3. The van der Waals surface area contributed by atoms with Gasteiger partial charge in [-0.05, 0) is 0 Å². The molecule has 1 atom stereocenters. The molecular formula is C6H10N4O2. The van der Waals surface area contributed by atoms with E-state index in [1.165, 1.54) is 6.20 Å². The van der Waals surface area contributed by atoms with Crippen LogP contribution in [-0.4, -0.2) is 38.1 Å². The molecule has 1 heterocycles. The standard InChI is InChI=1S/C6H10N4O2/c7-6-9-4(2-8-10-6)1-5(12)3-11/h2,5,11-12H,1,3H2,(H2,7,9,10). The molecule has 0 spiro atoms. The number of aromatic nitrogens is 3. The maximum atomic E-state index is 9.02. The van der Waals surface area contributed by atoms with Crippen molar-refractivity contribution in [2.24, 2.45) is 0 Å². The first-order valence-electron chi connectivity index (χ1n) is 3.45. The van der Waals surface area contributed by atoms with Crippen molar-refractivity contribution in [1.82, 2.24) is 15.2 Å². The minimum Gasteiger partial charge on any atom is -0.394 e. The van der Waals surface area contributed by atoms with Gasteiger partial charge in [0.1, 0.15) is 0 Å². The van der Waals surface area contributed by atoms with Crippen LogP contribution in [0.25, 0.3) is 0 Å². The zero-order valence-electron chi connectivity index (χ0n) is 6.38. The van der Waals surface area contributed by atoms with Crippen LogP contribution < -0.4 is 5.73 Å². The van der Waals surface area contributed by atoms with Gasteiger partial charge in [-0.1, -0.05) is 0 Å². The van der Waals surface area contributed by atoms with Crippen molar-refractivity contribution < 1.29 is 10.2 Å². The molecule has 0 amide bonds. The van der Waals surface area contributed by atoms with E-state index in [2.05, 4.69) is 15.2 Å². The van der Waals surface area contributed by atoms with Gasteiger partial charge in [-0.2, -0.15) is 5.10 Å². The van der Waals surface area contributed by atoms with E-state index in [1.807, 2.05) is 0 Å². The highest BCUT2D eigenvalue weighted by Gasteiger charge is 2.05. The van der Waals surface area contributed by atoms with Crippen molar-refractivity contribution in [2.45, 2.75) is 12.5 Å². The fourth-order valence-corrected chi connectivity index (χ4v) is 0.757. The number of aliphatic hydroxyl groups excluding tert-OH is 2. The predicted octanol–water partition coefficient (Wildman–Crippen LogP) is -1.65. The van der Waals surface area contributed by atoms with Gasteiger partial charge in [0.25, 0.3) is 0 Å². The van der Waals surface area contributed by atoms with Crippen LogP contribution in [-0.2, 0) is 6.42 Å². The molecule has 0 saturated carbocycles. The number of aliphatic hydroxyl groups is 2. The highest BCUT2D eigenvalue weighted by molar-refractivity contribution is 5.13. The Bertz CT molecular complexity index is 255. The SMILES string of the molecule is Nc1nncc(CC(O)CO)n1. The van der Waals surface area contributed by atoms with Crippen LogP contribution in [0.4, 0.5) is 5.95 Å². The molecule has 0 aliphatic rings. The Kier molecular flexibility index (Phi) is 2.89. The molecule has 0 bridgehead atoms. The van der Waals surface area contributed by atoms with E-state index in [9.17, 15) is 0 Å². The second-order valence-corrected chi connectivity index (χ2v) is 2.35. The van der Waals surface area contributed by atoms with Crippen molar-refractivity contribution >= 4 is 5.95 Å². The summed E-state index contributed by atoms with van der Waals surface area (Å²) in [5.41, 5.74) is 5.76. The van der Waals surface area contributed by atoms with Crippen molar-refractivity contribution in [3.05, 3.63) is 11.9 Å². The second-order valence-electron chi connectivity index (χ2n) is 2.35. The summed E-state index contributed by atoms with van der Waals surface area (Å²) in [4.78, 5) is 3.79. The Labute approximate surface area is 69.1 Å². The molecule has 1 aromatic heterocycles. The van der Waals surface area contributed by atoms with E-state index in [4.69, 9.17) is 15.9 Å². The van der Waals surface area contributed by atoms with Crippen molar-refractivity contribution in [2.75, 3.05) is 12.3 Å². The lowest BCUT2D eigenvalue weighted by atomic mass is 10.2. The molecule has 6 heteroatoms. The first kappa shape index (κ1) is 8.82. The van der Waals surface area contributed by atoms with Gasteiger partial charge in [0.2, 0.25) is 5.95 Å². The van der Waals surface area contributed by atoms with Crippen LogP contribution in [0.2, 0.25) is 0 Å². The van der Waals surface area contributed by atoms with Crippen LogP contribution in [0.5, 0.6) is 0 Å². The fraction of sp³-hybridized carbons (Fsp3) is 0.500. The lowest BCUT2D eigenvalue weighted by molar-refractivity contribution is 0.0946. The molecule has 0 aliphatic carbocycles. The predicted molar refractivity (Wildman–Crippen MR) is 41.0 cm³/mol. The lowest BCUT2D eigenvalue weighted by Gasteiger charge is -2.04. The number of rotatable bonds is 3. The third-order valence-corrected chi connectivity index (χ3v) is 1.28. The average molecular weight is 170 g/mol. The molecule has 0 aliphatic heterocycles. The highest BCUT2D eigenvalue weighted by Crippen LogP contribution is 1.98. The molecule has 66 valence electrons. The summed E-state index contributed by atoms with van der Waals surface area (Å²) < 4.78 is 0. The monoisotopic (exact) mass is 170 g/mol. The molecule has 4 N–H and O–H groups in total. The number of nitrogen functional groups attached to an aromatic ring is 1. The molecule has 12 heavy (non-hydrogen) atoms. The Morgan fingerprint density at radius 2 is 2.33 bits per heavy atom. The minimum atomic E-state index is -0.818. The molecular weight excluding hydrogens is 160 g/mol. The number of nitrogens with zero attached hydrogens (tertiary/aromatic N) is 3. The fourth-order valence-electron chi connectivity index (χ4n) is 0.757. The van der Waals surface area contributed by atoms with Gasteiger partial charge in [0.15, 0.2) is 0 Å². The summed E-state index contributed by atoms with van der Waals surface area (Å²) in [5.74, 6) is 0.0673. The molecule has 1 aromatic rings. The maximum Gasteiger partial charge on any atom is 0.240 e. The molecule has 1 unspecified atom stereocenters. The summed E-state index contributed by atoms with van der Waals surface area (Å²) in [7, 11) is 0. The van der Waals surface area contributed by atoms with Crippen LogP contribution in [0.3, 0.4) is 0 Å². The molecule has 0 fully saturated rings. The molecule has 0 saturated heterocycles. The van der Waals surface area contributed by atoms with Crippen LogP contribution >= 0.6 is 0 Å². The molecule has 0 aromatic carbocycles. The van der Waals surface area contributed by atoms with Crippen molar-refractivity contribution in [3.8, 4) is 0 Å². The molecule has 0 radical (unpaired) electrons. The van der Waals surface area contributed by atoms with Gasteiger partial charge in [-0.25, -0.2) is 4.98 Å². The summed E-state index contributed by atoms with van der Waals surface area (Å²) in [6.45, 7) is -0.302. The second kappa shape index (κ2) is 3.93. The van der Waals surface area contributed by atoms with Gasteiger partial charge < -0.3 is 15.9 Å². The summed E-state index contributed by atoms with van der Waals surface area (Å²) in [6, 6.07) is 0. The largest absolute Gasteiger partial charge is 0.394 e. The van der Waals surface area contributed by atoms with Crippen LogP contribution in [0.1, 0.15) is 5.69 Å². The van der Waals surface area contributed by atoms with E-state index < -0.39 is 6.10 Å². The smallest absolute Gasteiger partial charge is 0.240 e. The lowest BCUT2D eigenvalue weighted by Crippen LogP contribution is -2.16. The summed E-state index contributed by atoms with van der Waals surface area (Å²) in [6.07, 6.45) is 0.812. The quantitative estimate of drug-likeness (QED) is 0.502. The third kappa shape index (κ3) is 2.40.